The van der Waals surface area contributed by atoms with Crippen molar-refractivity contribution < 1.29 is 22.7 Å². The predicted molar refractivity (Wildman–Crippen MR) is 92.7 cm³/mol. The van der Waals surface area contributed by atoms with E-state index in [0.29, 0.717) is 11.5 Å². The molecule has 0 aliphatic heterocycles. The van der Waals surface area contributed by atoms with Gasteiger partial charge in [-0.1, -0.05) is 12.1 Å². The summed E-state index contributed by atoms with van der Waals surface area (Å²) in [6, 6.07) is 8.48. The molecule has 0 unspecified atom stereocenters. The van der Waals surface area contributed by atoms with Gasteiger partial charge in [0.15, 0.2) is 12.4 Å². The number of hydrogen-bond donors (Lipinski definition) is 2. The van der Waals surface area contributed by atoms with Crippen molar-refractivity contribution in [2.24, 2.45) is 0 Å². The number of halogens is 3. The van der Waals surface area contributed by atoms with Gasteiger partial charge in [-0.2, -0.15) is 23.4 Å². The van der Waals surface area contributed by atoms with Crippen LogP contribution in [0.2, 0.25) is 0 Å². The first-order valence-electron chi connectivity index (χ1n) is 7.95. The molecule has 1 aromatic carbocycles. The van der Waals surface area contributed by atoms with E-state index in [1.165, 1.54) is 41.2 Å². The van der Waals surface area contributed by atoms with Crippen LogP contribution >= 0.6 is 0 Å². The molecule has 0 saturated carbocycles. The number of carbonyl (C=O) groups excluding carboxylic acids is 1. The Kier molecular flexibility index (Phi) is 5.16. The van der Waals surface area contributed by atoms with E-state index in [1.54, 1.807) is 13.0 Å². The average Bonchev–Trinajstić information content (AvgIpc) is 3.02. The van der Waals surface area contributed by atoms with E-state index in [0.717, 1.165) is 0 Å². The zero-order valence-electron chi connectivity index (χ0n) is 14.4. The monoisotopic (exact) mass is 393 g/mol. The Balaban J connectivity index is 1.81. The maximum Gasteiger partial charge on any atom is 0.422 e. The molecule has 2 aromatic heterocycles. The Morgan fingerprint density at radius 1 is 1.25 bits per heavy atom. The zero-order chi connectivity index (χ0) is 20.3. The van der Waals surface area contributed by atoms with Gasteiger partial charge < -0.3 is 10.1 Å². The van der Waals surface area contributed by atoms with Gasteiger partial charge in [0.05, 0.1) is 23.1 Å². The van der Waals surface area contributed by atoms with Crippen molar-refractivity contribution in [1.82, 2.24) is 20.0 Å². The highest BCUT2D eigenvalue weighted by atomic mass is 19.4. The lowest BCUT2D eigenvalue weighted by atomic mass is 10.2. The van der Waals surface area contributed by atoms with Crippen LogP contribution in [0.1, 0.15) is 16.1 Å². The van der Waals surface area contributed by atoms with E-state index in [9.17, 15) is 22.8 Å². The molecule has 3 rings (SSSR count). The number of carbonyl (C=O) groups is 1. The highest BCUT2D eigenvalue weighted by molar-refractivity contribution is 6.05. The summed E-state index contributed by atoms with van der Waals surface area (Å²) in [7, 11) is 0. The summed E-state index contributed by atoms with van der Waals surface area (Å²) in [5.41, 5.74) is 0.303. The summed E-state index contributed by atoms with van der Waals surface area (Å²) in [5.74, 6) is -0.401. The molecule has 146 valence electrons. The smallest absolute Gasteiger partial charge is 0.422 e. The number of ether oxygens (including phenoxy) is 1. The molecule has 0 saturated heterocycles. The van der Waals surface area contributed by atoms with Gasteiger partial charge in [0, 0.05) is 6.07 Å². The van der Waals surface area contributed by atoms with Crippen LogP contribution in [0.25, 0.3) is 5.82 Å². The molecule has 3 aromatic rings. The third-order valence-corrected chi connectivity index (χ3v) is 3.66. The van der Waals surface area contributed by atoms with Crippen LogP contribution in [-0.4, -0.2) is 38.7 Å². The first-order chi connectivity index (χ1) is 13.2. The highest BCUT2D eigenvalue weighted by Gasteiger charge is 2.29. The Morgan fingerprint density at radius 2 is 2.00 bits per heavy atom. The second-order valence-corrected chi connectivity index (χ2v) is 5.69. The number of aromatic nitrogens is 4. The number of amides is 1. The minimum atomic E-state index is -4.50. The molecule has 0 aliphatic carbocycles. The van der Waals surface area contributed by atoms with E-state index in [2.05, 4.69) is 20.6 Å². The first-order valence-corrected chi connectivity index (χ1v) is 7.95. The minimum absolute atomic E-state index is 0.0890. The van der Waals surface area contributed by atoms with Crippen molar-refractivity contribution in [2.75, 3.05) is 11.9 Å². The van der Waals surface area contributed by atoms with Crippen molar-refractivity contribution in [3.05, 3.63) is 64.2 Å². The SMILES string of the molecule is Cc1c(C(=O)Nc2ccccc2OCC(F)(F)F)cnn1-c1ccc(=O)[nH]n1. The van der Waals surface area contributed by atoms with Gasteiger partial charge in [0.2, 0.25) is 0 Å². The minimum Gasteiger partial charge on any atom is -0.482 e. The Bertz CT molecular complexity index is 1040. The van der Waals surface area contributed by atoms with E-state index in [1.807, 2.05) is 0 Å². The van der Waals surface area contributed by atoms with E-state index in [-0.39, 0.29) is 22.6 Å². The van der Waals surface area contributed by atoms with Gasteiger partial charge >= 0.3 is 6.18 Å². The molecule has 11 heteroatoms. The molecule has 8 nitrogen and oxygen atoms in total. The quantitative estimate of drug-likeness (QED) is 0.693. The Morgan fingerprint density at radius 3 is 2.68 bits per heavy atom. The average molecular weight is 393 g/mol. The standard InChI is InChI=1S/C17H14F3N5O3/c1-10-11(8-21-25(10)14-6-7-15(26)24-23-14)16(27)22-12-4-2-3-5-13(12)28-9-17(18,19)20/h2-8H,9H2,1H3,(H,22,27)(H,24,26). The van der Waals surface area contributed by atoms with Gasteiger partial charge in [-0.05, 0) is 25.1 Å². The molecular formula is C17H14F3N5O3. The van der Waals surface area contributed by atoms with E-state index < -0.39 is 18.7 Å². The number of anilines is 1. The van der Waals surface area contributed by atoms with Crippen LogP contribution in [0, 0.1) is 6.92 Å². The largest absolute Gasteiger partial charge is 0.482 e. The molecule has 0 spiro atoms. The second-order valence-electron chi connectivity index (χ2n) is 5.69. The van der Waals surface area contributed by atoms with Crippen LogP contribution < -0.4 is 15.6 Å². The maximum atomic E-state index is 12.6. The van der Waals surface area contributed by atoms with Gasteiger partial charge in [-0.25, -0.2) is 9.78 Å². The summed E-state index contributed by atoms with van der Waals surface area (Å²) >= 11 is 0. The normalized spacial score (nSPS) is 11.3. The number of rotatable bonds is 5. The summed E-state index contributed by atoms with van der Waals surface area (Å²) in [4.78, 5) is 23.7. The fourth-order valence-corrected chi connectivity index (χ4v) is 2.36. The summed E-state index contributed by atoms with van der Waals surface area (Å²) < 4.78 is 43.3. The first kappa shape index (κ1) is 19.1. The predicted octanol–water partition coefficient (Wildman–Crippen LogP) is 2.46. The molecule has 0 radical (unpaired) electrons. The molecule has 0 atom stereocenters. The summed E-state index contributed by atoms with van der Waals surface area (Å²) in [5, 5.41) is 12.7. The second kappa shape index (κ2) is 7.55. The lowest BCUT2D eigenvalue weighted by molar-refractivity contribution is -0.153. The summed E-state index contributed by atoms with van der Waals surface area (Å²) in [6.07, 6.45) is -3.21. The molecule has 1 amide bonds. The van der Waals surface area contributed by atoms with Crippen LogP contribution in [0.4, 0.5) is 18.9 Å². The topological polar surface area (TPSA) is 102 Å². The number of para-hydroxylation sites is 2. The van der Waals surface area contributed by atoms with Gasteiger partial charge in [0.1, 0.15) is 5.75 Å². The molecule has 28 heavy (non-hydrogen) atoms. The van der Waals surface area contributed by atoms with Gasteiger partial charge in [0.25, 0.3) is 11.5 Å². The zero-order valence-corrected chi connectivity index (χ0v) is 14.4. The number of benzene rings is 1. The fraction of sp³-hybridized carbons (Fsp3) is 0.176. The number of alkyl halides is 3. The third-order valence-electron chi connectivity index (χ3n) is 3.66. The number of H-pyrrole nitrogens is 1. The van der Waals surface area contributed by atoms with Gasteiger partial charge in [-0.3, -0.25) is 9.59 Å². The molecule has 2 heterocycles. The number of aromatic amines is 1. The van der Waals surface area contributed by atoms with Crippen molar-refractivity contribution in [2.45, 2.75) is 13.1 Å². The van der Waals surface area contributed by atoms with Crippen molar-refractivity contribution in [3.63, 3.8) is 0 Å². The lowest BCUT2D eigenvalue weighted by Gasteiger charge is -2.13. The van der Waals surface area contributed by atoms with Crippen LogP contribution in [-0.2, 0) is 0 Å². The fourth-order valence-electron chi connectivity index (χ4n) is 2.36. The number of nitrogens with zero attached hydrogens (tertiary/aromatic N) is 3. The van der Waals surface area contributed by atoms with Gasteiger partial charge in [-0.15, -0.1) is 0 Å². The summed E-state index contributed by atoms with van der Waals surface area (Å²) in [6.45, 7) is 0.134. The van der Waals surface area contributed by atoms with E-state index >= 15 is 0 Å². The van der Waals surface area contributed by atoms with Crippen molar-refractivity contribution in [1.29, 1.82) is 0 Å². The molecule has 2 N–H and O–H groups in total. The van der Waals surface area contributed by atoms with Crippen LogP contribution in [0.15, 0.2) is 47.4 Å². The molecule has 0 fully saturated rings. The molecule has 0 aliphatic rings. The Hall–Kier alpha value is -3.63. The van der Waals surface area contributed by atoms with Crippen molar-refractivity contribution in [3.8, 4) is 11.6 Å². The third kappa shape index (κ3) is 4.37. The number of nitrogens with one attached hydrogen (secondary N) is 2. The maximum absolute atomic E-state index is 12.6. The van der Waals surface area contributed by atoms with Crippen LogP contribution in [0.3, 0.4) is 0 Å². The van der Waals surface area contributed by atoms with Crippen molar-refractivity contribution >= 4 is 11.6 Å². The number of hydrogen-bond acceptors (Lipinski definition) is 5. The van der Waals surface area contributed by atoms with Crippen LogP contribution in [0.5, 0.6) is 5.75 Å². The Labute approximate surface area is 156 Å². The molecular weight excluding hydrogens is 379 g/mol. The molecule has 0 bridgehead atoms. The lowest BCUT2D eigenvalue weighted by Crippen LogP contribution is -2.20. The van der Waals surface area contributed by atoms with E-state index in [4.69, 9.17) is 4.74 Å². The highest BCUT2D eigenvalue weighted by Crippen LogP contribution is 2.27.